The van der Waals surface area contributed by atoms with Crippen molar-refractivity contribution in [2.24, 2.45) is 5.41 Å². The molecule has 15 heavy (non-hydrogen) atoms. The van der Waals surface area contributed by atoms with Crippen molar-refractivity contribution in [3.8, 4) is 0 Å². The van der Waals surface area contributed by atoms with Crippen LogP contribution >= 0.6 is 0 Å². The van der Waals surface area contributed by atoms with E-state index < -0.39 is 16.2 Å². The molecule has 1 atom stereocenters. The number of esters is 1. The van der Waals surface area contributed by atoms with Crippen LogP contribution in [0.3, 0.4) is 0 Å². The van der Waals surface area contributed by atoms with E-state index in [1.807, 2.05) is 0 Å². The van der Waals surface area contributed by atoms with Gasteiger partial charge in [-0.1, -0.05) is 0 Å². The first-order chi connectivity index (χ1) is 6.94. The van der Waals surface area contributed by atoms with E-state index in [2.05, 4.69) is 4.74 Å². The zero-order chi connectivity index (χ0) is 11.9. The van der Waals surface area contributed by atoms with Crippen LogP contribution in [0.5, 0.6) is 0 Å². The molecule has 4 nitrogen and oxygen atoms in total. The van der Waals surface area contributed by atoms with Crippen LogP contribution in [0.1, 0.15) is 20.3 Å². The Morgan fingerprint density at radius 3 is 2.40 bits per heavy atom. The number of hydrogen-bond donors (Lipinski definition) is 0. The molecule has 0 radical (unpaired) electrons. The average molecular weight is 236 g/mol. The number of methoxy groups -OCH3 is 2. The molecule has 0 N–H and O–H groups in total. The maximum atomic E-state index is 11.6. The topological polar surface area (TPSA) is 52.6 Å². The molecule has 0 aliphatic rings. The first kappa shape index (κ1) is 14.6. The van der Waals surface area contributed by atoms with E-state index in [4.69, 9.17) is 4.74 Å². The zero-order valence-corrected chi connectivity index (χ0v) is 10.7. The third-order valence-corrected chi connectivity index (χ3v) is 3.77. The van der Waals surface area contributed by atoms with Crippen molar-refractivity contribution >= 4 is 16.8 Å². The summed E-state index contributed by atoms with van der Waals surface area (Å²) in [7, 11) is 1.96. The van der Waals surface area contributed by atoms with Gasteiger partial charge in [0.25, 0.3) is 0 Å². The minimum absolute atomic E-state index is 0.317. The number of rotatable bonds is 7. The first-order valence-electron chi connectivity index (χ1n) is 4.86. The fraction of sp³-hybridized carbons (Fsp3) is 0.900. The van der Waals surface area contributed by atoms with Crippen molar-refractivity contribution in [2.75, 3.05) is 32.3 Å². The SMILES string of the molecule is COCCCS(=O)CC(C)(C)C(=O)OC. The summed E-state index contributed by atoms with van der Waals surface area (Å²) in [6, 6.07) is 0. The molecule has 0 heterocycles. The summed E-state index contributed by atoms with van der Waals surface area (Å²) in [6.45, 7) is 4.09. The Morgan fingerprint density at radius 1 is 1.33 bits per heavy atom. The molecule has 0 fully saturated rings. The summed E-state index contributed by atoms with van der Waals surface area (Å²) < 4.78 is 21.1. The van der Waals surface area contributed by atoms with Gasteiger partial charge in [-0.3, -0.25) is 9.00 Å². The predicted molar refractivity (Wildman–Crippen MR) is 60.2 cm³/mol. The molecule has 5 heteroatoms. The second kappa shape index (κ2) is 6.95. The predicted octanol–water partition coefficient (Wildman–Crippen LogP) is 0.971. The van der Waals surface area contributed by atoms with E-state index in [0.717, 1.165) is 6.42 Å². The van der Waals surface area contributed by atoms with Crippen LogP contribution in [-0.4, -0.2) is 42.5 Å². The van der Waals surface area contributed by atoms with Gasteiger partial charge in [-0.2, -0.15) is 0 Å². The Morgan fingerprint density at radius 2 is 1.93 bits per heavy atom. The van der Waals surface area contributed by atoms with Crippen molar-refractivity contribution in [3.63, 3.8) is 0 Å². The molecular formula is C10H20O4S. The summed E-state index contributed by atoms with van der Waals surface area (Å²) >= 11 is 0. The van der Waals surface area contributed by atoms with Gasteiger partial charge >= 0.3 is 5.97 Å². The smallest absolute Gasteiger partial charge is 0.312 e. The number of carbonyl (C=O) groups is 1. The van der Waals surface area contributed by atoms with Crippen molar-refractivity contribution in [1.29, 1.82) is 0 Å². The highest BCUT2D eigenvalue weighted by atomic mass is 32.2. The molecule has 0 aromatic heterocycles. The monoisotopic (exact) mass is 236 g/mol. The van der Waals surface area contributed by atoms with Gasteiger partial charge in [0.2, 0.25) is 0 Å². The summed E-state index contributed by atoms with van der Waals surface area (Å²) in [6.07, 6.45) is 0.750. The second-order valence-electron chi connectivity index (χ2n) is 4.01. The molecule has 0 spiro atoms. The van der Waals surface area contributed by atoms with Gasteiger partial charge in [0.15, 0.2) is 0 Å². The van der Waals surface area contributed by atoms with E-state index in [9.17, 15) is 9.00 Å². The molecule has 0 bridgehead atoms. The van der Waals surface area contributed by atoms with Crippen LogP contribution in [0.4, 0.5) is 0 Å². The number of ether oxygens (including phenoxy) is 2. The van der Waals surface area contributed by atoms with Gasteiger partial charge in [0.1, 0.15) is 0 Å². The van der Waals surface area contributed by atoms with Gasteiger partial charge in [0, 0.05) is 36.0 Å². The lowest BCUT2D eigenvalue weighted by Crippen LogP contribution is -2.32. The standard InChI is InChI=1S/C10H20O4S/c1-10(2,9(11)14-4)8-15(12)7-5-6-13-3/h5-8H2,1-4H3. The molecule has 0 aromatic rings. The zero-order valence-electron chi connectivity index (χ0n) is 9.87. The first-order valence-corrected chi connectivity index (χ1v) is 6.35. The van der Waals surface area contributed by atoms with E-state index in [1.165, 1.54) is 7.11 Å². The number of hydrogen-bond acceptors (Lipinski definition) is 4. The number of carbonyl (C=O) groups excluding carboxylic acids is 1. The lowest BCUT2D eigenvalue weighted by atomic mass is 9.97. The molecule has 1 unspecified atom stereocenters. The molecule has 0 aliphatic heterocycles. The summed E-state index contributed by atoms with van der Waals surface area (Å²) in [5.41, 5.74) is -0.674. The van der Waals surface area contributed by atoms with E-state index in [1.54, 1.807) is 21.0 Å². The van der Waals surface area contributed by atoms with E-state index in [-0.39, 0.29) is 5.97 Å². The summed E-state index contributed by atoms with van der Waals surface area (Å²) in [5.74, 6) is 0.583. The third kappa shape index (κ3) is 5.89. The van der Waals surface area contributed by atoms with Crippen LogP contribution in [0, 0.1) is 5.41 Å². The lowest BCUT2D eigenvalue weighted by Gasteiger charge is -2.20. The summed E-state index contributed by atoms with van der Waals surface area (Å²) in [5, 5.41) is 0. The molecule has 90 valence electrons. The molecule has 0 amide bonds. The maximum Gasteiger partial charge on any atom is 0.312 e. The van der Waals surface area contributed by atoms with Crippen molar-refractivity contribution < 1.29 is 18.5 Å². The highest BCUT2D eigenvalue weighted by Crippen LogP contribution is 2.18. The fourth-order valence-electron chi connectivity index (χ4n) is 1.17. The highest BCUT2D eigenvalue weighted by Gasteiger charge is 2.30. The van der Waals surface area contributed by atoms with Crippen molar-refractivity contribution in [3.05, 3.63) is 0 Å². The molecule has 0 aromatic carbocycles. The minimum Gasteiger partial charge on any atom is -0.469 e. The van der Waals surface area contributed by atoms with Gasteiger partial charge in [-0.15, -0.1) is 0 Å². The van der Waals surface area contributed by atoms with Gasteiger partial charge in [0.05, 0.1) is 12.5 Å². The molecule has 0 saturated carbocycles. The molecule has 0 aliphatic carbocycles. The van der Waals surface area contributed by atoms with Crippen molar-refractivity contribution in [2.45, 2.75) is 20.3 Å². The minimum atomic E-state index is -0.994. The van der Waals surface area contributed by atoms with Gasteiger partial charge in [-0.25, -0.2) is 0 Å². The Hall–Kier alpha value is -0.420. The highest BCUT2D eigenvalue weighted by molar-refractivity contribution is 7.85. The largest absolute Gasteiger partial charge is 0.469 e. The lowest BCUT2D eigenvalue weighted by molar-refractivity contribution is -0.149. The Balaban J connectivity index is 3.99. The fourth-order valence-corrected chi connectivity index (χ4v) is 2.68. The van der Waals surface area contributed by atoms with Crippen LogP contribution in [0.25, 0.3) is 0 Å². The van der Waals surface area contributed by atoms with Crippen LogP contribution in [0.2, 0.25) is 0 Å². The Labute approximate surface area is 93.8 Å². The van der Waals surface area contributed by atoms with Crippen LogP contribution in [0.15, 0.2) is 0 Å². The normalized spacial score (nSPS) is 13.6. The Bertz CT molecular complexity index is 225. The van der Waals surface area contributed by atoms with Gasteiger partial charge in [-0.05, 0) is 20.3 Å². The Kier molecular flexibility index (Phi) is 6.76. The van der Waals surface area contributed by atoms with E-state index in [0.29, 0.717) is 18.1 Å². The molecular weight excluding hydrogens is 216 g/mol. The second-order valence-corrected chi connectivity index (χ2v) is 5.59. The third-order valence-electron chi connectivity index (χ3n) is 1.98. The quantitative estimate of drug-likeness (QED) is 0.488. The summed E-state index contributed by atoms with van der Waals surface area (Å²) in [4.78, 5) is 11.3. The van der Waals surface area contributed by atoms with E-state index >= 15 is 0 Å². The average Bonchev–Trinajstić information content (AvgIpc) is 2.16. The molecule has 0 saturated heterocycles. The van der Waals surface area contributed by atoms with Crippen LogP contribution in [-0.2, 0) is 25.1 Å². The maximum absolute atomic E-state index is 11.6. The van der Waals surface area contributed by atoms with Crippen molar-refractivity contribution in [1.82, 2.24) is 0 Å². The van der Waals surface area contributed by atoms with Gasteiger partial charge < -0.3 is 9.47 Å². The molecule has 0 rings (SSSR count). The van der Waals surface area contributed by atoms with Crippen LogP contribution < -0.4 is 0 Å².